The Balaban J connectivity index is 2.63. The van der Waals surface area contributed by atoms with E-state index in [1.54, 1.807) is 12.1 Å². The SMILES string of the molecule is CC(CO)CNC(=O)c1ccc(Cl)c(N)c1. The number of nitrogens with one attached hydrogen (secondary N) is 1. The Bertz CT molecular complexity index is 382. The number of carbonyl (C=O) groups is 1. The second kappa shape index (κ2) is 5.72. The van der Waals surface area contributed by atoms with Gasteiger partial charge in [0.15, 0.2) is 0 Å². The lowest BCUT2D eigenvalue weighted by atomic mass is 10.1. The molecule has 5 heteroatoms. The van der Waals surface area contributed by atoms with Gasteiger partial charge in [-0.1, -0.05) is 18.5 Å². The minimum absolute atomic E-state index is 0.0357. The van der Waals surface area contributed by atoms with E-state index in [-0.39, 0.29) is 18.4 Å². The number of hydrogen-bond donors (Lipinski definition) is 3. The van der Waals surface area contributed by atoms with Gasteiger partial charge in [-0.3, -0.25) is 4.79 Å². The minimum atomic E-state index is -0.219. The Morgan fingerprint density at radius 1 is 1.62 bits per heavy atom. The van der Waals surface area contributed by atoms with Crippen LogP contribution >= 0.6 is 11.6 Å². The molecule has 0 aromatic heterocycles. The van der Waals surface area contributed by atoms with Crippen LogP contribution in [0.2, 0.25) is 5.02 Å². The number of halogens is 1. The Morgan fingerprint density at radius 3 is 2.88 bits per heavy atom. The molecule has 4 N–H and O–H groups in total. The Labute approximate surface area is 99.4 Å². The topological polar surface area (TPSA) is 75.3 Å². The van der Waals surface area contributed by atoms with Gasteiger partial charge in [-0.25, -0.2) is 0 Å². The van der Waals surface area contributed by atoms with Gasteiger partial charge in [-0.15, -0.1) is 0 Å². The molecule has 0 saturated carbocycles. The number of nitrogens with two attached hydrogens (primary N) is 1. The summed E-state index contributed by atoms with van der Waals surface area (Å²) in [6.45, 7) is 2.32. The number of rotatable bonds is 4. The lowest BCUT2D eigenvalue weighted by Gasteiger charge is -2.10. The Kier molecular flexibility index (Phi) is 4.58. The molecular formula is C11H15ClN2O2. The summed E-state index contributed by atoms with van der Waals surface area (Å²) in [6.07, 6.45) is 0. The molecule has 1 atom stereocenters. The Hall–Kier alpha value is -1.26. The van der Waals surface area contributed by atoms with Crippen molar-refractivity contribution in [2.24, 2.45) is 5.92 Å². The molecule has 0 aliphatic rings. The molecule has 0 radical (unpaired) electrons. The molecule has 0 aliphatic carbocycles. The van der Waals surface area contributed by atoms with E-state index in [2.05, 4.69) is 5.32 Å². The van der Waals surface area contributed by atoms with Gasteiger partial charge in [0.1, 0.15) is 0 Å². The van der Waals surface area contributed by atoms with E-state index in [0.717, 1.165) is 0 Å². The Morgan fingerprint density at radius 2 is 2.31 bits per heavy atom. The second-order valence-corrected chi connectivity index (χ2v) is 4.14. The van der Waals surface area contributed by atoms with E-state index in [4.69, 9.17) is 22.4 Å². The van der Waals surface area contributed by atoms with Crippen molar-refractivity contribution in [2.75, 3.05) is 18.9 Å². The molecule has 1 aromatic carbocycles. The molecule has 0 saturated heterocycles. The van der Waals surface area contributed by atoms with Gasteiger partial charge in [-0.2, -0.15) is 0 Å². The monoisotopic (exact) mass is 242 g/mol. The van der Waals surface area contributed by atoms with Crippen molar-refractivity contribution in [2.45, 2.75) is 6.92 Å². The number of carbonyl (C=O) groups excluding carboxylic acids is 1. The first kappa shape index (κ1) is 12.8. The van der Waals surface area contributed by atoms with Gasteiger partial charge in [0.25, 0.3) is 5.91 Å². The fraction of sp³-hybridized carbons (Fsp3) is 0.364. The van der Waals surface area contributed by atoms with Crippen LogP contribution in [0.5, 0.6) is 0 Å². The summed E-state index contributed by atoms with van der Waals surface area (Å²) in [5.74, 6) is -0.183. The van der Waals surface area contributed by atoms with Crippen LogP contribution in [-0.4, -0.2) is 24.2 Å². The molecule has 1 unspecified atom stereocenters. The highest BCUT2D eigenvalue weighted by molar-refractivity contribution is 6.33. The quantitative estimate of drug-likeness (QED) is 0.697. The maximum atomic E-state index is 11.6. The van der Waals surface area contributed by atoms with Gasteiger partial charge >= 0.3 is 0 Å². The molecular weight excluding hydrogens is 228 g/mol. The molecule has 1 aromatic rings. The summed E-state index contributed by atoms with van der Waals surface area (Å²) in [5.41, 5.74) is 6.43. The van der Waals surface area contributed by atoms with E-state index in [1.807, 2.05) is 6.92 Å². The van der Waals surface area contributed by atoms with Crippen LogP contribution in [0.15, 0.2) is 18.2 Å². The molecule has 4 nitrogen and oxygen atoms in total. The van der Waals surface area contributed by atoms with Gasteiger partial charge in [-0.05, 0) is 24.1 Å². The van der Waals surface area contributed by atoms with Crippen molar-refractivity contribution >= 4 is 23.2 Å². The number of amides is 1. The zero-order valence-electron chi connectivity index (χ0n) is 9.03. The van der Waals surface area contributed by atoms with Crippen molar-refractivity contribution in [1.29, 1.82) is 0 Å². The van der Waals surface area contributed by atoms with E-state index >= 15 is 0 Å². The van der Waals surface area contributed by atoms with E-state index < -0.39 is 0 Å². The molecule has 0 aliphatic heterocycles. The van der Waals surface area contributed by atoms with Crippen LogP contribution in [0.1, 0.15) is 17.3 Å². The third kappa shape index (κ3) is 3.40. The molecule has 16 heavy (non-hydrogen) atoms. The second-order valence-electron chi connectivity index (χ2n) is 3.73. The number of aliphatic hydroxyl groups is 1. The highest BCUT2D eigenvalue weighted by Gasteiger charge is 2.08. The largest absolute Gasteiger partial charge is 0.398 e. The van der Waals surface area contributed by atoms with Crippen LogP contribution in [0.25, 0.3) is 0 Å². The summed E-state index contributed by atoms with van der Waals surface area (Å²) in [6, 6.07) is 4.72. The first-order chi connectivity index (χ1) is 7.54. The van der Waals surface area contributed by atoms with Gasteiger partial charge in [0.2, 0.25) is 0 Å². The lowest BCUT2D eigenvalue weighted by Crippen LogP contribution is -2.29. The third-order valence-electron chi connectivity index (χ3n) is 2.18. The van der Waals surface area contributed by atoms with Gasteiger partial charge < -0.3 is 16.2 Å². The van der Waals surface area contributed by atoms with E-state index in [1.165, 1.54) is 6.07 Å². The van der Waals surface area contributed by atoms with E-state index in [9.17, 15) is 4.79 Å². The number of benzene rings is 1. The first-order valence-corrected chi connectivity index (χ1v) is 5.36. The number of anilines is 1. The molecule has 1 rings (SSSR count). The highest BCUT2D eigenvalue weighted by Crippen LogP contribution is 2.19. The number of hydrogen-bond acceptors (Lipinski definition) is 3. The van der Waals surface area contributed by atoms with Crippen molar-refractivity contribution in [1.82, 2.24) is 5.32 Å². The molecule has 88 valence electrons. The molecule has 0 fully saturated rings. The summed E-state index contributed by atoms with van der Waals surface area (Å²) in [4.78, 5) is 11.6. The van der Waals surface area contributed by atoms with Crippen molar-refractivity contribution in [3.8, 4) is 0 Å². The first-order valence-electron chi connectivity index (χ1n) is 4.98. The van der Waals surface area contributed by atoms with Crippen molar-refractivity contribution in [3.63, 3.8) is 0 Å². The maximum absolute atomic E-state index is 11.6. The van der Waals surface area contributed by atoms with Gasteiger partial charge in [0.05, 0.1) is 10.7 Å². The molecule has 1 amide bonds. The normalized spacial score (nSPS) is 12.2. The predicted octanol–water partition coefficient (Wildman–Crippen LogP) is 1.28. The van der Waals surface area contributed by atoms with Crippen molar-refractivity contribution < 1.29 is 9.90 Å². The fourth-order valence-electron chi connectivity index (χ4n) is 1.12. The average molecular weight is 243 g/mol. The van der Waals surface area contributed by atoms with Crippen LogP contribution in [0, 0.1) is 5.92 Å². The van der Waals surface area contributed by atoms with Crippen LogP contribution in [-0.2, 0) is 0 Å². The number of aliphatic hydroxyl groups excluding tert-OH is 1. The number of nitrogen functional groups attached to an aromatic ring is 1. The maximum Gasteiger partial charge on any atom is 0.251 e. The fourth-order valence-corrected chi connectivity index (χ4v) is 1.24. The summed E-state index contributed by atoms with van der Waals surface area (Å²) in [7, 11) is 0. The van der Waals surface area contributed by atoms with Gasteiger partial charge in [0, 0.05) is 18.7 Å². The summed E-state index contributed by atoms with van der Waals surface area (Å²) < 4.78 is 0. The molecule has 0 bridgehead atoms. The molecule has 0 heterocycles. The zero-order valence-corrected chi connectivity index (χ0v) is 9.79. The average Bonchev–Trinajstić information content (AvgIpc) is 2.29. The lowest BCUT2D eigenvalue weighted by molar-refractivity contribution is 0.0942. The van der Waals surface area contributed by atoms with Crippen LogP contribution < -0.4 is 11.1 Å². The van der Waals surface area contributed by atoms with Crippen LogP contribution in [0.4, 0.5) is 5.69 Å². The highest BCUT2D eigenvalue weighted by atomic mass is 35.5. The predicted molar refractivity (Wildman–Crippen MR) is 64.4 cm³/mol. The standard InChI is InChI=1S/C11H15ClN2O2/c1-7(6-15)5-14-11(16)8-2-3-9(12)10(13)4-8/h2-4,7,15H,5-6,13H2,1H3,(H,14,16). The summed E-state index contributed by atoms with van der Waals surface area (Å²) in [5, 5.41) is 11.9. The zero-order chi connectivity index (χ0) is 12.1. The summed E-state index contributed by atoms with van der Waals surface area (Å²) >= 11 is 5.75. The molecule has 0 spiro atoms. The van der Waals surface area contributed by atoms with E-state index in [0.29, 0.717) is 22.8 Å². The minimum Gasteiger partial charge on any atom is -0.398 e. The third-order valence-corrected chi connectivity index (χ3v) is 2.53. The van der Waals surface area contributed by atoms with Crippen molar-refractivity contribution in [3.05, 3.63) is 28.8 Å². The smallest absolute Gasteiger partial charge is 0.251 e. The van der Waals surface area contributed by atoms with Crippen LogP contribution in [0.3, 0.4) is 0 Å².